The van der Waals surface area contributed by atoms with Crippen molar-refractivity contribution in [1.82, 2.24) is 0 Å². The van der Waals surface area contributed by atoms with Crippen molar-refractivity contribution in [3.8, 4) is 23.6 Å². The number of ether oxygens (including phenoxy) is 2. The SMILES string of the molecule is N#Cc1ccc(OCCC[NH2+]CC[NH2+]CCCOc2ccc(C#N)cc2)cc1. The average molecular weight is 380 g/mol. The van der Waals surface area contributed by atoms with E-state index in [1.54, 1.807) is 24.3 Å². The Hall–Kier alpha value is -3.06. The zero-order chi connectivity index (χ0) is 19.9. The Morgan fingerprint density at radius 3 is 1.36 bits per heavy atom. The van der Waals surface area contributed by atoms with Crippen molar-refractivity contribution >= 4 is 0 Å². The molecule has 0 amide bonds. The molecule has 0 bridgehead atoms. The van der Waals surface area contributed by atoms with Crippen molar-refractivity contribution in [2.45, 2.75) is 12.8 Å². The van der Waals surface area contributed by atoms with E-state index >= 15 is 0 Å². The monoisotopic (exact) mass is 380 g/mol. The molecule has 6 heteroatoms. The Morgan fingerprint density at radius 2 is 1.00 bits per heavy atom. The largest absolute Gasteiger partial charge is 0.493 e. The van der Waals surface area contributed by atoms with Gasteiger partial charge in [-0.25, -0.2) is 0 Å². The zero-order valence-corrected chi connectivity index (χ0v) is 16.1. The summed E-state index contributed by atoms with van der Waals surface area (Å²) in [5.74, 6) is 1.63. The summed E-state index contributed by atoms with van der Waals surface area (Å²) >= 11 is 0. The van der Waals surface area contributed by atoms with Gasteiger partial charge in [-0.1, -0.05) is 0 Å². The molecule has 0 unspecified atom stereocenters. The fourth-order valence-electron chi connectivity index (χ4n) is 2.61. The van der Waals surface area contributed by atoms with E-state index in [0.717, 1.165) is 50.5 Å². The van der Waals surface area contributed by atoms with Crippen LogP contribution in [-0.4, -0.2) is 39.4 Å². The molecule has 0 atom stereocenters. The van der Waals surface area contributed by atoms with Crippen molar-refractivity contribution in [3.63, 3.8) is 0 Å². The van der Waals surface area contributed by atoms with Crippen LogP contribution in [0.25, 0.3) is 0 Å². The minimum atomic E-state index is 0.651. The van der Waals surface area contributed by atoms with Gasteiger partial charge < -0.3 is 20.1 Å². The number of nitriles is 2. The lowest BCUT2D eigenvalue weighted by molar-refractivity contribution is -0.723. The van der Waals surface area contributed by atoms with E-state index < -0.39 is 0 Å². The maximum atomic E-state index is 8.76. The van der Waals surface area contributed by atoms with Crippen LogP contribution in [0.4, 0.5) is 0 Å². The quantitative estimate of drug-likeness (QED) is 0.502. The molecule has 0 aliphatic heterocycles. The molecule has 0 aromatic heterocycles. The zero-order valence-electron chi connectivity index (χ0n) is 16.1. The minimum Gasteiger partial charge on any atom is -0.493 e. The van der Waals surface area contributed by atoms with E-state index in [1.165, 1.54) is 0 Å². The van der Waals surface area contributed by atoms with Crippen LogP contribution in [0, 0.1) is 22.7 Å². The lowest BCUT2D eigenvalue weighted by Gasteiger charge is -2.06. The number of nitrogens with two attached hydrogens (primary N) is 2. The van der Waals surface area contributed by atoms with Gasteiger partial charge in [0.2, 0.25) is 0 Å². The Balaban J connectivity index is 1.37. The lowest BCUT2D eigenvalue weighted by atomic mass is 10.2. The van der Waals surface area contributed by atoms with Gasteiger partial charge >= 0.3 is 0 Å². The van der Waals surface area contributed by atoms with Gasteiger partial charge in [-0.3, -0.25) is 0 Å². The Morgan fingerprint density at radius 1 is 0.607 bits per heavy atom. The molecule has 0 spiro atoms. The molecular formula is C22H28N4O2+2. The predicted molar refractivity (Wildman–Crippen MR) is 106 cm³/mol. The van der Waals surface area contributed by atoms with Crippen molar-refractivity contribution < 1.29 is 20.1 Å². The van der Waals surface area contributed by atoms with Crippen molar-refractivity contribution in [3.05, 3.63) is 59.7 Å². The van der Waals surface area contributed by atoms with E-state index in [0.29, 0.717) is 24.3 Å². The molecule has 0 fully saturated rings. The highest BCUT2D eigenvalue weighted by molar-refractivity contribution is 5.35. The number of hydrogen-bond acceptors (Lipinski definition) is 4. The molecule has 0 saturated carbocycles. The first-order valence-electron chi connectivity index (χ1n) is 9.71. The lowest BCUT2D eigenvalue weighted by Crippen LogP contribution is -2.95. The third-order valence-electron chi connectivity index (χ3n) is 4.18. The number of nitrogens with zero attached hydrogens (tertiary/aromatic N) is 2. The van der Waals surface area contributed by atoms with E-state index in [2.05, 4.69) is 22.8 Å². The van der Waals surface area contributed by atoms with Crippen molar-refractivity contribution in [2.24, 2.45) is 0 Å². The fourth-order valence-corrected chi connectivity index (χ4v) is 2.61. The van der Waals surface area contributed by atoms with Gasteiger partial charge in [0, 0.05) is 12.8 Å². The van der Waals surface area contributed by atoms with Crippen LogP contribution in [0.1, 0.15) is 24.0 Å². The molecule has 4 N–H and O–H groups in total. The molecule has 0 radical (unpaired) electrons. The van der Waals surface area contributed by atoms with Gasteiger partial charge in [-0.05, 0) is 48.5 Å². The van der Waals surface area contributed by atoms with Crippen LogP contribution in [0.15, 0.2) is 48.5 Å². The second-order valence-corrected chi connectivity index (χ2v) is 6.41. The van der Waals surface area contributed by atoms with Gasteiger partial charge in [-0.2, -0.15) is 10.5 Å². The number of benzene rings is 2. The Bertz CT molecular complexity index is 694. The number of quaternary nitrogens is 2. The molecule has 0 aliphatic carbocycles. The van der Waals surface area contributed by atoms with E-state index in [4.69, 9.17) is 20.0 Å². The van der Waals surface area contributed by atoms with E-state index in [-0.39, 0.29) is 0 Å². The summed E-state index contributed by atoms with van der Waals surface area (Å²) in [6, 6.07) is 18.6. The highest BCUT2D eigenvalue weighted by Gasteiger charge is 1.99. The topological polar surface area (TPSA) is 99.3 Å². The molecule has 0 aliphatic rings. The average Bonchev–Trinajstić information content (AvgIpc) is 2.75. The minimum absolute atomic E-state index is 0.651. The molecule has 28 heavy (non-hydrogen) atoms. The van der Waals surface area contributed by atoms with Gasteiger partial charge in [0.25, 0.3) is 0 Å². The Kier molecular flexibility index (Phi) is 9.98. The molecule has 6 nitrogen and oxygen atoms in total. The fraction of sp³-hybridized carbons (Fsp3) is 0.364. The summed E-state index contributed by atoms with van der Waals surface area (Å²) in [5, 5.41) is 22.1. The number of hydrogen-bond donors (Lipinski definition) is 2. The molecule has 2 aromatic carbocycles. The summed E-state index contributed by atoms with van der Waals surface area (Å²) in [6.07, 6.45) is 2.00. The van der Waals surface area contributed by atoms with E-state index in [1.807, 2.05) is 24.3 Å². The summed E-state index contributed by atoms with van der Waals surface area (Å²) in [6.45, 7) is 5.66. The van der Waals surface area contributed by atoms with Gasteiger partial charge in [-0.15, -0.1) is 0 Å². The normalized spacial score (nSPS) is 10.1. The summed E-state index contributed by atoms with van der Waals surface area (Å²) < 4.78 is 11.3. The second kappa shape index (κ2) is 13.2. The Labute approximate surface area is 166 Å². The highest BCUT2D eigenvalue weighted by Crippen LogP contribution is 2.12. The van der Waals surface area contributed by atoms with Crippen LogP contribution >= 0.6 is 0 Å². The van der Waals surface area contributed by atoms with Crippen LogP contribution in [0.2, 0.25) is 0 Å². The first-order chi connectivity index (χ1) is 13.8. The third kappa shape index (κ3) is 8.55. The van der Waals surface area contributed by atoms with Gasteiger partial charge in [0.05, 0.1) is 49.6 Å². The van der Waals surface area contributed by atoms with Gasteiger partial charge in [0.15, 0.2) is 0 Å². The van der Waals surface area contributed by atoms with Crippen molar-refractivity contribution in [1.29, 1.82) is 10.5 Å². The maximum absolute atomic E-state index is 8.76. The van der Waals surface area contributed by atoms with Gasteiger partial charge in [0.1, 0.15) is 24.6 Å². The summed E-state index contributed by atoms with van der Waals surface area (Å²) in [7, 11) is 0. The van der Waals surface area contributed by atoms with Crippen LogP contribution in [-0.2, 0) is 0 Å². The summed E-state index contributed by atoms with van der Waals surface area (Å²) in [4.78, 5) is 0. The number of rotatable bonds is 13. The summed E-state index contributed by atoms with van der Waals surface area (Å²) in [5.41, 5.74) is 1.30. The molecular weight excluding hydrogens is 352 g/mol. The van der Waals surface area contributed by atoms with Crippen LogP contribution in [0.5, 0.6) is 11.5 Å². The first kappa shape index (κ1) is 21.2. The predicted octanol–water partition coefficient (Wildman–Crippen LogP) is 0.795. The highest BCUT2D eigenvalue weighted by atomic mass is 16.5. The molecule has 2 rings (SSSR count). The molecule has 0 saturated heterocycles. The first-order valence-corrected chi connectivity index (χ1v) is 9.71. The third-order valence-corrected chi connectivity index (χ3v) is 4.18. The molecule has 0 heterocycles. The second-order valence-electron chi connectivity index (χ2n) is 6.41. The van der Waals surface area contributed by atoms with Crippen LogP contribution < -0.4 is 20.1 Å². The maximum Gasteiger partial charge on any atom is 0.125 e. The van der Waals surface area contributed by atoms with Crippen LogP contribution in [0.3, 0.4) is 0 Å². The standard InChI is InChI=1S/C22H26N4O2/c23-17-19-3-7-21(8-4-19)27-15-1-11-25-13-14-26-12-2-16-28-22-9-5-20(18-24)6-10-22/h3-10,25-26H,1-2,11-16H2/p+2. The van der Waals surface area contributed by atoms with Crippen molar-refractivity contribution in [2.75, 3.05) is 39.4 Å². The van der Waals surface area contributed by atoms with E-state index in [9.17, 15) is 0 Å². The molecule has 146 valence electrons. The molecule has 2 aromatic rings. The smallest absolute Gasteiger partial charge is 0.125 e.